The molecule has 1 rings (SSSR count). The number of carbonyl (C=O) groups is 1. The third kappa shape index (κ3) is 4.52. The molecule has 2 atom stereocenters. The van der Waals surface area contributed by atoms with Gasteiger partial charge in [0.15, 0.2) is 0 Å². The molecule has 1 heterocycles. The number of aliphatic hydroxyl groups excluding tert-OH is 1. The van der Waals surface area contributed by atoms with E-state index in [4.69, 9.17) is 5.11 Å². The SMILES string of the molecule is CC(O)CCC(=O)NC1CCSC1. The van der Waals surface area contributed by atoms with E-state index in [0.29, 0.717) is 18.9 Å². The highest BCUT2D eigenvalue weighted by molar-refractivity contribution is 7.99. The Morgan fingerprint density at radius 2 is 2.54 bits per heavy atom. The molecule has 3 nitrogen and oxygen atoms in total. The van der Waals surface area contributed by atoms with Crippen molar-refractivity contribution in [1.82, 2.24) is 5.32 Å². The first-order valence-corrected chi connectivity index (χ1v) is 5.89. The van der Waals surface area contributed by atoms with Crippen LogP contribution in [-0.2, 0) is 4.79 Å². The molecule has 0 bridgehead atoms. The van der Waals surface area contributed by atoms with Crippen molar-refractivity contribution in [3.05, 3.63) is 0 Å². The lowest BCUT2D eigenvalue weighted by Crippen LogP contribution is -2.34. The van der Waals surface area contributed by atoms with Gasteiger partial charge in [-0.15, -0.1) is 0 Å². The summed E-state index contributed by atoms with van der Waals surface area (Å²) in [6.45, 7) is 1.71. The first-order valence-electron chi connectivity index (χ1n) is 4.73. The molecule has 0 aliphatic carbocycles. The van der Waals surface area contributed by atoms with E-state index in [-0.39, 0.29) is 12.0 Å². The van der Waals surface area contributed by atoms with E-state index in [9.17, 15) is 4.79 Å². The number of aliphatic hydroxyl groups is 1. The second kappa shape index (κ2) is 5.50. The summed E-state index contributed by atoms with van der Waals surface area (Å²) in [7, 11) is 0. The molecule has 0 saturated carbocycles. The zero-order valence-corrected chi connectivity index (χ0v) is 8.77. The molecule has 4 heteroatoms. The molecule has 0 aromatic heterocycles. The van der Waals surface area contributed by atoms with Gasteiger partial charge in [0.25, 0.3) is 0 Å². The van der Waals surface area contributed by atoms with Gasteiger partial charge in [-0.05, 0) is 25.5 Å². The molecule has 2 unspecified atom stereocenters. The zero-order valence-electron chi connectivity index (χ0n) is 7.95. The van der Waals surface area contributed by atoms with Gasteiger partial charge >= 0.3 is 0 Å². The summed E-state index contributed by atoms with van der Waals surface area (Å²) in [6.07, 6.45) is 1.72. The fourth-order valence-electron chi connectivity index (χ4n) is 1.29. The molecule has 13 heavy (non-hydrogen) atoms. The minimum absolute atomic E-state index is 0.0772. The molecule has 0 aromatic carbocycles. The van der Waals surface area contributed by atoms with Crippen LogP contribution < -0.4 is 5.32 Å². The van der Waals surface area contributed by atoms with Gasteiger partial charge in [0.1, 0.15) is 0 Å². The summed E-state index contributed by atoms with van der Waals surface area (Å²) in [5, 5.41) is 11.9. The molecule has 1 amide bonds. The van der Waals surface area contributed by atoms with Gasteiger partial charge in [-0.1, -0.05) is 0 Å². The minimum atomic E-state index is -0.372. The number of hydrogen-bond donors (Lipinski definition) is 2. The maximum atomic E-state index is 11.3. The normalized spacial score (nSPS) is 24.3. The van der Waals surface area contributed by atoms with Crippen LogP contribution in [0.25, 0.3) is 0 Å². The summed E-state index contributed by atoms with van der Waals surface area (Å²) in [5.74, 6) is 2.27. The van der Waals surface area contributed by atoms with Crippen LogP contribution in [0.2, 0.25) is 0 Å². The van der Waals surface area contributed by atoms with Gasteiger partial charge in [-0.2, -0.15) is 11.8 Å². The molecular formula is C9H17NO2S. The molecule has 2 N–H and O–H groups in total. The minimum Gasteiger partial charge on any atom is -0.393 e. The number of hydrogen-bond acceptors (Lipinski definition) is 3. The van der Waals surface area contributed by atoms with Gasteiger partial charge < -0.3 is 10.4 Å². The molecule has 0 radical (unpaired) electrons. The summed E-state index contributed by atoms with van der Waals surface area (Å²) in [4.78, 5) is 11.3. The van der Waals surface area contributed by atoms with Gasteiger partial charge in [-0.25, -0.2) is 0 Å². The maximum Gasteiger partial charge on any atom is 0.220 e. The lowest BCUT2D eigenvalue weighted by molar-refractivity contribution is -0.122. The Balaban J connectivity index is 2.09. The van der Waals surface area contributed by atoms with Crippen LogP contribution in [0.3, 0.4) is 0 Å². The zero-order chi connectivity index (χ0) is 9.68. The summed E-state index contributed by atoms with van der Waals surface area (Å²) < 4.78 is 0. The Morgan fingerprint density at radius 1 is 1.77 bits per heavy atom. The van der Waals surface area contributed by atoms with Gasteiger partial charge in [0, 0.05) is 18.2 Å². The van der Waals surface area contributed by atoms with E-state index >= 15 is 0 Å². The molecule has 0 aromatic rings. The number of rotatable bonds is 4. The van der Waals surface area contributed by atoms with Crippen LogP contribution in [0.5, 0.6) is 0 Å². The third-order valence-corrected chi connectivity index (χ3v) is 3.25. The number of thioether (sulfide) groups is 1. The van der Waals surface area contributed by atoms with Crippen molar-refractivity contribution in [2.45, 2.75) is 38.3 Å². The van der Waals surface area contributed by atoms with Crippen LogP contribution in [0.15, 0.2) is 0 Å². The number of nitrogens with one attached hydrogen (secondary N) is 1. The second-order valence-electron chi connectivity index (χ2n) is 3.52. The fourth-order valence-corrected chi connectivity index (χ4v) is 2.44. The Hall–Kier alpha value is -0.220. The van der Waals surface area contributed by atoms with Gasteiger partial charge in [-0.3, -0.25) is 4.79 Å². The van der Waals surface area contributed by atoms with Crippen LogP contribution in [0.1, 0.15) is 26.2 Å². The monoisotopic (exact) mass is 203 g/mol. The van der Waals surface area contributed by atoms with E-state index in [1.165, 1.54) is 0 Å². The second-order valence-corrected chi connectivity index (χ2v) is 4.67. The predicted molar refractivity (Wildman–Crippen MR) is 54.8 cm³/mol. The summed E-state index contributed by atoms with van der Waals surface area (Å²) in [6, 6.07) is 0.367. The maximum absolute atomic E-state index is 11.3. The molecule has 1 saturated heterocycles. The smallest absolute Gasteiger partial charge is 0.220 e. The predicted octanol–water partition coefficient (Wildman–Crippen LogP) is 0.769. The van der Waals surface area contributed by atoms with Crippen molar-refractivity contribution < 1.29 is 9.90 Å². The third-order valence-electron chi connectivity index (χ3n) is 2.08. The Morgan fingerprint density at radius 3 is 3.08 bits per heavy atom. The molecular weight excluding hydrogens is 186 g/mol. The highest BCUT2D eigenvalue weighted by Gasteiger charge is 2.17. The lowest BCUT2D eigenvalue weighted by atomic mass is 10.2. The first-order chi connectivity index (χ1) is 6.18. The van der Waals surface area contributed by atoms with Crippen LogP contribution in [0, 0.1) is 0 Å². The average molecular weight is 203 g/mol. The number of amides is 1. The molecule has 76 valence electrons. The highest BCUT2D eigenvalue weighted by Crippen LogP contribution is 2.17. The topological polar surface area (TPSA) is 49.3 Å². The first kappa shape index (κ1) is 10.9. The van der Waals surface area contributed by atoms with Crippen LogP contribution in [-0.4, -0.2) is 34.7 Å². The van der Waals surface area contributed by atoms with E-state index in [0.717, 1.165) is 17.9 Å². The Labute approximate surface area is 83.3 Å². The summed E-state index contributed by atoms with van der Waals surface area (Å²) in [5.41, 5.74) is 0. The molecule has 0 spiro atoms. The van der Waals surface area contributed by atoms with Crippen LogP contribution >= 0.6 is 11.8 Å². The molecule has 1 aliphatic rings. The largest absolute Gasteiger partial charge is 0.393 e. The van der Waals surface area contributed by atoms with Crippen molar-refractivity contribution in [1.29, 1.82) is 0 Å². The summed E-state index contributed by atoms with van der Waals surface area (Å²) >= 11 is 1.88. The molecule has 1 fully saturated rings. The fraction of sp³-hybridized carbons (Fsp3) is 0.889. The Bertz CT molecular complexity index is 167. The highest BCUT2D eigenvalue weighted by atomic mass is 32.2. The lowest BCUT2D eigenvalue weighted by Gasteiger charge is -2.11. The van der Waals surface area contributed by atoms with Gasteiger partial charge in [0.05, 0.1) is 6.10 Å². The van der Waals surface area contributed by atoms with Crippen molar-refractivity contribution in [2.24, 2.45) is 0 Å². The average Bonchev–Trinajstić information content (AvgIpc) is 2.53. The van der Waals surface area contributed by atoms with Crippen molar-refractivity contribution in [3.8, 4) is 0 Å². The van der Waals surface area contributed by atoms with Crippen LogP contribution in [0.4, 0.5) is 0 Å². The van der Waals surface area contributed by atoms with E-state index < -0.39 is 0 Å². The van der Waals surface area contributed by atoms with Crippen molar-refractivity contribution >= 4 is 17.7 Å². The van der Waals surface area contributed by atoms with Gasteiger partial charge in [0.2, 0.25) is 5.91 Å². The Kier molecular flexibility index (Phi) is 4.59. The van der Waals surface area contributed by atoms with E-state index in [1.54, 1.807) is 6.92 Å². The molecule has 1 aliphatic heterocycles. The standard InChI is InChI=1S/C9H17NO2S/c1-7(11)2-3-9(12)10-8-4-5-13-6-8/h7-8,11H,2-6H2,1H3,(H,10,12). The number of carbonyl (C=O) groups excluding carboxylic acids is 1. The van der Waals surface area contributed by atoms with E-state index in [2.05, 4.69) is 5.32 Å². The van der Waals surface area contributed by atoms with Crippen molar-refractivity contribution in [3.63, 3.8) is 0 Å². The quantitative estimate of drug-likeness (QED) is 0.709. The van der Waals surface area contributed by atoms with Crippen molar-refractivity contribution in [2.75, 3.05) is 11.5 Å². The van der Waals surface area contributed by atoms with E-state index in [1.807, 2.05) is 11.8 Å².